The maximum Gasteiger partial charge on any atom is 0.219 e. The van der Waals surface area contributed by atoms with Crippen LogP contribution in [0.25, 0.3) is 0 Å². The van der Waals surface area contributed by atoms with Gasteiger partial charge in [0.15, 0.2) is 0 Å². The van der Waals surface area contributed by atoms with Crippen molar-refractivity contribution in [1.29, 1.82) is 0 Å². The number of hydrogen-bond acceptors (Lipinski definition) is 4. The molecule has 0 radical (unpaired) electrons. The van der Waals surface area contributed by atoms with Crippen LogP contribution in [0.5, 0.6) is 0 Å². The molecule has 2 aliphatic heterocycles. The molecule has 2 saturated heterocycles. The maximum atomic E-state index is 12.8. The van der Waals surface area contributed by atoms with E-state index < -0.39 is 15.6 Å². The number of carbonyl (C=O) groups excluding carboxylic acids is 1. The van der Waals surface area contributed by atoms with Gasteiger partial charge in [0.2, 0.25) is 15.9 Å². The van der Waals surface area contributed by atoms with E-state index in [2.05, 4.69) is 0 Å². The Hall–Kier alpha value is -1.44. The van der Waals surface area contributed by atoms with Gasteiger partial charge in [0.05, 0.1) is 24.5 Å². The molecule has 1 aromatic carbocycles. The standard InChI is InChI=1S/C17H24N2O4S/c1-15(20)18-9-5-8-17(13-18)14-19(10-11-23-17)24(21,22)12-16-6-3-2-4-7-16/h2-4,6-7H,5,8-14H2,1H3. The average molecular weight is 352 g/mol. The highest BCUT2D eigenvalue weighted by atomic mass is 32.2. The minimum absolute atomic E-state index is 0.000340. The highest BCUT2D eigenvalue weighted by molar-refractivity contribution is 7.88. The number of carbonyl (C=O) groups is 1. The van der Waals surface area contributed by atoms with Crippen LogP contribution in [0.4, 0.5) is 0 Å². The number of rotatable bonds is 3. The van der Waals surface area contributed by atoms with Gasteiger partial charge < -0.3 is 9.64 Å². The number of benzene rings is 1. The number of amides is 1. The molecular weight excluding hydrogens is 328 g/mol. The molecule has 0 N–H and O–H groups in total. The fraction of sp³-hybridized carbons (Fsp3) is 0.588. The molecule has 0 aliphatic carbocycles. The Labute approximate surface area is 143 Å². The fourth-order valence-corrected chi connectivity index (χ4v) is 5.12. The van der Waals surface area contributed by atoms with Crippen LogP contribution in [0, 0.1) is 0 Å². The van der Waals surface area contributed by atoms with Crippen LogP contribution in [0.15, 0.2) is 30.3 Å². The first-order chi connectivity index (χ1) is 11.4. The summed E-state index contributed by atoms with van der Waals surface area (Å²) in [5.74, 6) is 0.0160. The van der Waals surface area contributed by atoms with Crippen molar-refractivity contribution in [3.63, 3.8) is 0 Å². The monoisotopic (exact) mass is 352 g/mol. The van der Waals surface area contributed by atoms with E-state index in [1.54, 1.807) is 11.8 Å². The molecule has 2 aliphatic rings. The smallest absolute Gasteiger partial charge is 0.219 e. The summed E-state index contributed by atoms with van der Waals surface area (Å²) in [6.45, 7) is 3.81. The van der Waals surface area contributed by atoms with Crippen molar-refractivity contribution in [2.45, 2.75) is 31.1 Å². The van der Waals surface area contributed by atoms with E-state index in [-0.39, 0.29) is 11.7 Å². The lowest BCUT2D eigenvalue weighted by molar-refractivity contribution is -0.149. The first-order valence-corrected chi connectivity index (χ1v) is 9.92. The summed E-state index contributed by atoms with van der Waals surface area (Å²) in [4.78, 5) is 13.4. The minimum atomic E-state index is -3.40. The third kappa shape index (κ3) is 3.79. The third-order valence-corrected chi connectivity index (χ3v) is 6.58. The van der Waals surface area contributed by atoms with Gasteiger partial charge in [0.1, 0.15) is 0 Å². The molecule has 24 heavy (non-hydrogen) atoms. The number of piperidine rings is 1. The molecule has 2 fully saturated rings. The number of likely N-dealkylation sites (tertiary alicyclic amines) is 1. The third-order valence-electron chi connectivity index (χ3n) is 4.78. The molecule has 6 nitrogen and oxygen atoms in total. The maximum absolute atomic E-state index is 12.8. The Morgan fingerprint density at radius 3 is 2.67 bits per heavy atom. The van der Waals surface area contributed by atoms with Gasteiger partial charge in [0.25, 0.3) is 0 Å². The van der Waals surface area contributed by atoms with Crippen LogP contribution < -0.4 is 0 Å². The van der Waals surface area contributed by atoms with Crippen LogP contribution in [0.3, 0.4) is 0 Å². The highest BCUT2D eigenvalue weighted by Crippen LogP contribution is 2.30. The lowest BCUT2D eigenvalue weighted by atomic mass is 9.91. The van der Waals surface area contributed by atoms with Crippen molar-refractivity contribution >= 4 is 15.9 Å². The quantitative estimate of drug-likeness (QED) is 0.821. The largest absolute Gasteiger partial charge is 0.370 e. The summed E-state index contributed by atoms with van der Waals surface area (Å²) in [7, 11) is -3.40. The van der Waals surface area contributed by atoms with Crippen molar-refractivity contribution in [1.82, 2.24) is 9.21 Å². The van der Waals surface area contributed by atoms with Crippen LogP contribution in [-0.2, 0) is 25.3 Å². The normalized spacial score (nSPS) is 25.8. The van der Waals surface area contributed by atoms with Crippen LogP contribution in [0.2, 0.25) is 0 Å². The van der Waals surface area contributed by atoms with Gasteiger partial charge in [-0.15, -0.1) is 0 Å². The van der Waals surface area contributed by atoms with E-state index in [1.807, 2.05) is 30.3 Å². The predicted molar refractivity (Wildman–Crippen MR) is 90.8 cm³/mol. The first-order valence-electron chi connectivity index (χ1n) is 8.31. The molecular formula is C17H24N2O4S. The average Bonchev–Trinajstić information content (AvgIpc) is 2.55. The SMILES string of the molecule is CC(=O)N1CCCC2(C1)CN(S(=O)(=O)Cc1ccccc1)CCO2. The number of morpholine rings is 1. The fourth-order valence-electron chi connectivity index (χ4n) is 3.54. The number of ether oxygens (including phenoxy) is 1. The Morgan fingerprint density at radius 1 is 1.21 bits per heavy atom. The Balaban J connectivity index is 1.74. The van der Waals surface area contributed by atoms with Crippen molar-refractivity contribution in [3.05, 3.63) is 35.9 Å². The lowest BCUT2D eigenvalue weighted by Gasteiger charge is -2.47. The van der Waals surface area contributed by atoms with E-state index in [0.717, 1.165) is 24.9 Å². The lowest BCUT2D eigenvalue weighted by Crippen LogP contribution is -2.61. The van der Waals surface area contributed by atoms with E-state index in [1.165, 1.54) is 4.31 Å². The molecule has 7 heteroatoms. The van der Waals surface area contributed by atoms with Gasteiger partial charge in [0, 0.05) is 26.6 Å². The van der Waals surface area contributed by atoms with Crippen LogP contribution >= 0.6 is 0 Å². The van der Waals surface area contributed by atoms with E-state index >= 15 is 0 Å². The molecule has 1 aromatic rings. The van der Waals surface area contributed by atoms with Gasteiger partial charge in [-0.2, -0.15) is 4.31 Å². The van der Waals surface area contributed by atoms with E-state index in [4.69, 9.17) is 4.74 Å². The van der Waals surface area contributed by atoms with Crippen molar-refractivity contribution < 1.29 is 17.9 Å². The second kappa shape index (κ2) is 6.82. The summed E-state index contributed by atoms with van der Waals surface area (Å²) < 4.78 is 33.1. The molecule has 1 unspecified atom stereocenters. The second-order valence-corrected chi connectivity index (χ2v) is 8.62. The van der Waals surface area contributed by atoms with Crippen LogP contribution in [0.1, 0.15) is 25.3 Å². The number of nitrogens with zero attached hydrogens (tertiary/aromatic N) is 2. The topological polar surface area (TPSA) is 66.9 Å². The highest BCUT2D eigenvalue weighted by Gasteiger charge is 2.44. The molecule has 2 heterocycles. The van der Waals surface area contributed by atoms with Gasteiger partial charge in [-0.25, -0.2) is 8.42 Å². The number of hydrogen-bond donors (Lipinski definition) is 0. The molecule has 132 valence electrons. The zero-order valence-corrected chi connectivity index (χ0v) is 14.8. The summed E-state index contributed by atoms with van der Waals surface area (Å²) in [6, 6.07) is 9.21. The summed E-state index contributed by atoms with van der Waals surface area (Å²) >= 11 is 0. The molecule has 1 spiro atoms. The van der Waals surface area contributed by atoms with Crippen molar-refractivity contribution in [3.8, 4) is 0 Å². The van der Waals surface area contributed by atoms with Crippen LogP contribution in [-0.4, -0.2) is 61.9 Å². The zero-order valence-electron chi connectivity index (χ0n) is 14.0. The van der Waals surface area contributed by atoms with Gasteiger partial charge in [-0.3, -0.25) is 4.79 Å². The van der Waals surface area contributed by atoms with Gasteiger partial charge in [-0.05, 0) is 18.4 Å². The van der Waals surface area contributed by atoms with Gasteiger partial charge in [-0.1, -0.05) is 30.3 Å². The Bertz CT molecular complexity index is 688. The minimum Gasteiger partial charge on any atom is -0.370 e. The molecule has 1 amide bonds. The molecule has 1 atom stereocenters. The second-order valence-electron chi connectivity index (χ2n) is 6.65. The molecule has 0 aromatic heterocycles. The Morgan fingerprint density at radius 2 is 1.96 bits per heavy atom. The predicted octanol–water partition coefficient (Wildman–Crippen LogP) is 1.23. The summed E-state index contributed by atoms with van der Waals surface area (Å²) in [5.41, 5.74) is 0.221. The Kier molecular flexibility index (Phi) is 4.94. The molecule has 3 rings (SSSR count). The van der Waals surface area contributed by atoms with Crippen molar-refractivity contribution in [2.24, 2.45) is 0 Å². The van der Waals surface area contributed by atoms with E-state index in [0.29, 0.717) is 26.2 Å². The zero-order chi connectivity index (χ0) is 17.2. The first kappa shape index (κ1) is 17.4. The van der Waals surface area contributed by atoms with E-state index in [9.17, 15) is 13.2 Å². The number of sulfonamides is 1. The van der Waals surface area contributed by atoms with Crippen molar-refractivity contribution in [2.75, 3.05) is 32.8 Å². The molecule has 0 bridgehead atoms. The van der Waals surface area contributed by atoms with Gasteiger partial charge >= 0.3 is 0 Å². The summed E-state index contributed by atoms with van der Waals surface area (Å²) in [5, 5.41) is 0. The molecule has 0 saturated carbocycles. The summed E-state index contributed by atoms with van der Waals surface area (Å²) in [6.07, 6.45) is 1.63.